The normalized spacial score (nSPS) is 15.4. The van der Waals surface area contributed by atoms with Gasteiger partial charge >= 0.3 is 0 Å². The molecular formula is C22H25N5O3S2. The van der Waals surface area contributed by atoms with Gasteiger partial charge in [0.25, 0.3) is 5.91 Å². The van der Waals surface area contributed by atoms with Gasteiger partial charge in [-0.25, -0.2) is 0 Å². The first-order chi connectivity index (χ1) is 15.4. The molecule has 0 bridgehead atoms. The molecule has 3 aromatic rings. The fourth-order valence-corrected chi connectivity index (χ4v) is 6.08. The number of amides is 2. The molecule has 0 spiro atoms. The van der Waals surface area contributed by atoms with E-state index in [0.29, 0.717) is 34.0 Å². The van der Waals surface area contributed by atoms with E-state index < -0.39 is 5.91 Å². The summed E-state index contributed by atoms with van der Waals surface area (Å²) in [5.41, 5.74) is 7.95. The highest BCUT2D eigenvalue weighted by atomic mass is 32.2. The van der Waals surface area contributed by atoms with Crippen LogP contribution in [0, 0.1) is 12.8 Å². The van der Waals surface area contributed by atoms with E-state index in [9.17, 15) is 9.59 Å². The number of aryl methyl sites for hydroxylation is 1. The smallest absolute Gasteiger partial charge is 0.251 e. The molecule has 0 aromatic carbocycles. The van der Waals surface area contributed by atoms with Crippen LogP contribution in [0.4, 0.5) is 5.00 Å². The third kappa shape index (κ3) is 4.37. The molecule has 0 aliphatic heterocycles. The van der Waals surface area contributed by atoms with Gasteiger partial charge in [0, 0.05) is 11.4 Å². The molecule has 3 N–H and O–H groups in total. The second-order valence-electron chi connectivity index (χ2n) is 7.85. The van der Waals surface area contributed by atoms with E-state index in [1.54, 1.807) is 12.3 Å². The Labute approximate surface area is 194 Å². The lowest BCUT2D eigenvalue weighted by molar-refractivity contribution is -0.113. The van der Waals surface area contributed by atoms with E-state index >= 15 is 0 Å². The molecule has 2 amide bonds. The number of hydrogen-bond acceptors (Lipinski definition) is 7. The Hall–Kier alpha value is -2.85. The Morgan fingerprint density at radius 1 is 1.47 bits per heavy atom. The Morgan fingerprint density at radius 2 is 2.28 bits per heavy atom. The molecule has 0 saturated heterocycles. The van der Waals surface area contributed by atoms with Crippen molar-refractivity contribution in [3.05, 3.63) is 46.7 Å². The lowest BCUT2D eigenvalue weighted by atomic mass is 9.88. The zero-order valence-electron chi connectivity index (χ0n) is 18.0. The van der Waals surface area contributed by atoms with Crippen molar-refractivity contribution < 1.29 is 14.0 Å². The minimum Gasteiger partial charge on any atom is -0.469 e. The Kier molecular flexibility index (Phi) is 6.52. The van der Waals surface area contributed by atoms with Gasteiger partial charge in [0.2, 0.25) is 5.91 Å². The number of primary amides is 1. The second kappa shape index (κ2) is 9.33. The molecule has 32 heavy (non-hydrogen) atoms. The first-order valence-corrected chi connectivity index (χ1v) is 12.1. The summed E-state index contributed by atoms with van der Waals surface area (Å²) in [4.78, 5) is 26.0. The predicted octanol–water partition coefficient (Wildman–Crippen LogP) is 4.05. The molecule has 1 atom stereocenters. The number of furan rings is 1. The average molecular weight is 472 g/mol. The highest BCUT2D eigenvalue weighted by Gasteiger charge is 2.27. The Balaban J connectivity index is 1.50. The maximum Gasteiger partial charge on any atom is 0.251 e. The second-order valence-corrected chi connectivity index (χ2v) is 9.90. The van der Waals surface area contributed by atoms with Crippen molar-refractivity contribution in [2.24, 2.45) is 11.7 Å². The van der Waals surface area contributed by atoms with Crippen molar-refractivity contribution in [3.63, 3.8) is 0 Å². The fraction of sp³-hybridized carbons (Fsp3) is 0.364. The van der Waals surface area contributed by atoms with E-state index in [2.05, 4.69) is 29.0 Å². The lowest BCUT2D eigenvalue weighted by Crippen LogP contribution is -2.20. The maximum atomic E-state index is 12.7. The van der Waals surface area contributed by atoms with Crippen molar-refractivity contribution >= 4 is 39.9 Å². The molecule has 3 aromatic heterocycles. The van der Waals surface area contributed by atoms with Crippen molar-refractivity contribution in [2.75, 3.05) is 11.1 Å². The fourth-order valence-electron chi connectivity index (χ4n) is 3.90. The third-order valence-electron chi connectivity index (χ3n) is 5.47. The zero-order chi connectivity index (χ0) is 22.8. The van der Waals surface area contributed by atoms with Crippen LogP contribution in [0.25, 0.3) is 11.4 Å². The van der Waals surface area contributed by atoms with Crippen LogP contribution in [0.2, 0.25) is 0 Å². The SMILES string of the molecule is C=CCn1c(SCC(=O)Nc2sc3c(c2C(N)=O)CCC(C)C3)nnc1-c1ccoc1C. The highest BCUT2D eigenvalue weighted by Crippen LogP contribution is 2.39. The monoisotopic (exact) mass is 471 g/mol. The topological polar surface area (TPSA) is 116 Å². The number of nitrogens with two attached hydrogens (primary N) is 1. The van der Waals surface area contributed by atoms with Crippen LogP contribution in [-0.2, 0) is 24.2 Å². The number of thioether (sulfide) groups is 1. The van der Waals surface area contributed by atoms with E-state index in [-0.39, 0.29) is 11.7 Å². The minimum absolute atomic E-state index is 0.122. The molecule has 1 aliphatic carbocycles. The molecule has 0 saturated carbocycles. The highest BCUT2D eigenvalue weighted by molar-refractivity contribution is 7.99. The number of carbonyl (C=O) groups is 2. The molecule has 8 nitrogen and oxygen atoms in total. The lowest BCUT2D eigenvalue weighted by Gasteiger charge is -2.18. The Bertz CT molecular complexity index is 1180. The summed E-state index contributed by atoms with van der Waals surface area (Å²) in [6.45, 7) is 8.36. The van der Waals surface area contributed by atoms with Crippen LogP contribution in [-0.4, -0.2) is 32.3 Å². The van der Waals surface area contributed by atoms with E-state index in [0.717, 1.165) is 41.0 Å². The molecule has 10 heteroatoms. The van der Waals surface area contributed by atoms with Crippen molar-refractivity contribution in [2.45, 2.75) is 44.8 Å². The summed E-state index contributed by atoms with van der Waals surface area (Å²) in [5, 5.41) is 12.6. The number of aromatic nitrogens is 3. The van der Waals surface area contributed by atoms with Gasteiger partial charge in [0.05, 0.1) is 23.1 Å². The number of hydrogen-bond donors (Lipinski definition) is 2. The number of nitrogens with one attached hydrogen (secondary N) is 1. The first kappa shape index (κ1) is 22.3. The quantitative estimate of drug-likeness (QED) is 0.378. The van der Waals surface area contributed by atoms with E-state index in [1.807, 2.05) is 17.6 Å². The summed E-state index contributed by atoms with van der Waals surface area (Å²) < 4.78 is 7.27. The van der Waals surface area contributed by atoms with E-state index in [4.69, 9.17) is 10.2 Å². The summed E-state index contributed by atoms with van der Waals surface area (Å²) in [6.07, 6.45) is 6.10. The molecule has 1 unspecified atom stereocenters. The number of allylic oxidation sites excluding steroid dienone is 1. The molecule has 3 heterocycles. The van der Waals surface area contributed by atoms with Gasteiger partial charge in [-0.15, -0.1) is 28.1 Å². The van der Waals surface area contributed by atoms with Crippen LogP contribution >= 0.6 is 23.1 Å². The number of carbonyl (C=O) groups excluding carboxylic acids is 2. The summed E-state index contributed by atoms with van der Waals surface area (Å²) in [6, 6.07) is 1.84. The number of anilines is 1. The molecule has 168 valence electrons. The molecule has 1 aliphatic rings. The van der Waals surface area contributed by atoms with Crippen LogP contribution < -0.4 is 11.1 Å². The molecule has 0 radical (unpaired) electrons. The van der Waals surface area contributed by atoms with Gasteiger partial charge in [0.15, 0.2) is 11.0 Å². The predicted molar refractivity (Wildman–Crippen MR) is 126 cm³/mol. The number of fused-ring (bicyclic) bond motifs is 1. The van der Waals surface area contributed by atoms with Gasteiger partial charge in [0.1, 0.15) is 10.8 Å². The minimum atomic E-state index is -0.495. The Morgan fingerprint density at radius 3 is 2.97 bits per heavy atom. The van der Waals surface area contributed by atoms with Gasteiger partial charge < -0.3 is 15.5 Å². The van der Waals surface area contributed by atoms with Gasteiger partial charge in [-0.05, 0) is 43.7 Å². The molecule has 4 rings (SSSR count). The van der Waals surface area contributed by atoms with Gasteiger partial charge in [-0.2, -0.15) is 0 Å². The van der Waals surface area contributed by atoms with Crippen LogP contribution in [0.1, 0.15) is 39.9 Å². The third-order valence-corrected chi connectivity index (χ3v) is 7.61. The number of thiophene rings is 1. The number of rotatable bonds is 8. The van der Waals surface area contributed by atoms with Crippen molar-refractivity contribution in [1.29, 1.82) is 0 Å². The van der Waals surface area contributed by atoms with Crippen molar-refractivity contribution in [3.8, 4) is 11.4 Å². The van der Waals surface area contributed by atoms with Gasteiger partial charge in [-0.3, -0.25) is 14.2 Å². The maximum absolute atomic E-state index is 12.7. The van der Waals surface area contributed by atoms with E-state index in [1.165, 1.54) is 23.1 Å². The zero-order valence-corrected chi connectivity index (χ0v) is 19.6. The number of nitrogens with zero attached hydrogens (tertiary/aromatic N) is 3. The van der Waals surface area contributed by atoms with Crippen LogP contribution in [0.3, 0.4) is 0 Å². The van der Waals surface area contributed by atoms with Crippen LogP contribution in [0.15, 0.2) is 34.6 Å². The summed E-state index contributed by atoms with van der Waals surface area (Å²) >= 11 is 2.74. The first-order valence-electron chi connectivity index (χ1n) is 10.3. The average Bonchev–Trinajstić information content (AvgIpc) is 3.43. The molecular weight excluding hydrogens is 446 g/mol. The van der Waals surface area contributed by atoms with Gasteiger partial charge in [-0.1, -0.05) is 24.8 Å². The molecule has 0 fully saturated rings. The largest absolute Gasteiger partial charge is 0.469 e. The van der Waals surface area contributed by atoms with Crippen LogP contribution in [0.5, 0.6) is 0 Å². The van der Waals surface area contributed by atoms with Crippen molar-refractivity contribution in [1.82, 2.24) is 14.8 Å². The summed E-state index contributed by atoms with van der Waals surface area (Å²) in [5.74, 6) is 1.37. The summed E-state index contributed by atoms with van der Waals surface area (Å²) in [7, 11) is 0. The standard InChI is InChI=1S/C22H25N5O3S2/c1-4-8-27-20(14-7-9-30-13(14)3)25-26-22(27)31-11-17(28)24-21-18(19(23)29)15-6-5-12(2)10-16(15)32-21/h4,7,9,12H,1,5-6,8,10-11H2,2-3H3,(H2,23,29)(H,24,28).